The van der Waals surface area contributed by atoms with E-state index in [9.17, 15) is 0 Å². The smallest absolute Gasteiger partial charge is 0.140 e. The lowest BCUT2D eigenvalue weighted by Crippen LogP contribution is -2.06. The van der Waals surface area contributed by atoms with Crippen LogP contribution in [0.1, 0.15) is 30.5 Å². The van der Waals surface area contributed by atoms with Crippen LogP contribution < -0.4 is 0 Å². The summed E-state index contributed by atoms with van der Waals surface area (Å²) in [5.74, 6) is 0.453. The zero-order chi connectivity index (χ0) is 9.42. The first kappa shape index (κ1) is 9.40. The van der Waals surface area contributed by atoms with E-state index in [0.717, 1.165) is 21.3 Å². The van der Waals surface area contributed by atoms with Crippen LogP contribution in [0.3, 0.4) is 0 Å². The lowest BCUT2D eigenvalue weighted by molar-refractivity contribution is 0.733. The predicted molar refractivity (Wildman–Crippen MR) is 62.1 cm³/mol. The van der Waals surface area contributed by atoms with Gasteiger partial charge in [0.2, 0.25) is 0 Å². The molecular weight excluding hydrogens is 298 g/mol. The third-order valence-corrected chi connectivity index (χ3v) is 3.45. The second kappa shape index (κ2) is 3.53. The summed E-state index contributed by atoms with van der Waals surface area (Å²) < 4.78 is 1.16. The lowest BCUT2D eigenvalue weighted by Gasteiger charge is -2.18. The van der Waals surface area contributed by atoms with Gasteiger partial charge in [0.15, 0.2) is 0 Å². The molecule has 0 bridgehead atoms. The molecule has 4 heteroatoms. The van der Waals surface area contributed by atoms with Crippen LogP contribution in [0.2, 0.25) is 5.15 Å². The van der Waals surface area contributed by atoms with Gasteiger partial charge in [-0.3, -0.25) is 0 Å². The first-order valence-electron chi connectivity index (χ1n) is 4.06. The standard InChI is InChI=1S/C9H8ClIN2/c1-5-2-3-6(11)7-8(5)12-4-13-9(7)10/h3-5H,2H2,1H3. The molecule has 0 radical (unpaired) electrons. The monoisotopic (exact) mass is 306 g/mol. The summed E-state index contributed by atoms with van der Waals surface area (Å²) in [6.45, 7) is 2.15. The van der Waals surface area contributed by atoms with E-state index < -0.39 is 0 Å². The van der Waals surface area contributed by atoms with E-state index in [0.29, 0.717) is 11.1 Å². The maximum absolute atomic E-state index is 6.01. The van der Waals surface area contributed by atoms with Crippen molar-refractivity contribution < 1.29 is 0 Å². The van der Waals surface area contributed by atoms with Gasteiger partial charge in [-0.25, -0.2) is 9.97 Å². The van der Waals surface area contributed by atoms with Gasteiger partial charge in [-0.15, -0.1) is 0 Å². The second-order valence-electron chi connectivity index (χ2n) is 3.11. The molecular formula is C9H8ClIN2. The Balaban J connectivity index is 2.66. The number of halogens is 2. The van der Waals surface area contributed by atoms with E-state index in [2.05, 4.69) is 45.6 Å². The first-order valence-corrected chi connectivity index (χ1v) is 5.52. The Labute approximate surface area is 95.6 Å². The van der Waals surface area contributed by atoms with Crippen molar-refractivity contribution >= 4 is 37.8 Å². The van der Waals surface area contributed by atoms with Gasteiger partial charge in [0, 0.05) is 15.1 Å². The molecule has 1 aromatic heterocycles. The van der Waals surface area contributed by atoms with Crippen molar-refractivity contribution in [3.8, 4) is 0 Å². The molecule has 1 aromatic rings. The summed E-state index contributed by atoms with van der Waals surface area (Å²) >= 11 is 8.29. The van der Waals surface area contributed by atoms with Crippen LogP contribution >= 0.6 is 34.2 Å². The molecule has 2 nitrogen and oxygen atoms in total. The van der Waals surface area contributed by atoms with E-state index in [-0.39, 0.29) is 0 Å². The highest BCUT2D eigenvalue weighted by Crippen LogP contribution is 2.38. The lowest BCUT2D eigenvalue weighted by atomic mass is 9.94. The quantitative estimate of drug-likeness (QED) is 0.542. The molecule has 1 aliphatic carbocycles. The Bertz CT molecular complexity index is 376. The van der Waals surface area contributed by atoms with Crippen molar-refractivity contribution in [3.05, 3.63) is 28.8 Å². The molecule has 1 heterocycles. The summed E-state index contributed by atoms with van der Waals surface area (Å²) in [6.07, 6.45) is 4.76. The van der Waals surface area contributed by atoms with Crippen molar-refractivity contribution in [1.82, 2.24) is 9.97 Å². The van der Waals surface area contributed by atoms with Crippen molar-refractivity contribution in [1.29, 1.82) is 0 Å². The highest BCUT2D eigenvalue weighted by Gasteiger charge is 2.21. The molecule has 0 aromatic carbocycles. The highest BCUT2D eigenvalue weighted by atomic mass is 127. The molecule has 0 aliphatic heterocycles. The van der Waals surface area contributed by atoms with Gasteiger partial charge < -0.3 is 0 Å². The van der Waals surface area contributed by atoms with Crippen molar-refractivity contribution in [3.63, 3.8) is 0 Å². The van der Waals surface area contributed by atoms with Gasteiger partial charge in [0.05, 0.1) is 5.69 Å². The summed E-state index contributed by atoms with van der Waals surface area (Å²) in [4.78, 5) is 8.26. The Kier molecular flexibility index (Phi) is 2.55. The molecule has 0 amide bonds. The van der Waals surface area contributed by atoms with Crippen LogP contribution in [-0.4, -0.2) is 9.97 Å². The zero-order valence-electron chi connectivity index (χ0n) is 7.09. The maximum atomic E-state index is 6.01. The Morgan fingerprint density at radius 1 is 1.54 bits per heavy atom. The number of allylic oxidation sites excluding steroid dienone is 1. The van der Waals surface area contributed by atoms with E-state index in [1.54, 1.807) is 0 Å². The number of fused-ring (bicyclic) bond motifs is 1. The third-order valence-electron chi connectivity index (χ3n) is 2.19. The van der Waals surface area contributed by atoms with Crippen LogP contribution in [0.15, 0.2) is 12.4 Å². The molecule has 0 saturated heterocycles. The van der Waals surface area contributed by atoms with Gasteiger partial charge in [-0.05, 0) is 29.0 Å². The molecule has 13 heavy (non-hydrogen) atoms. The predicted octanol–water partition coefficient (Wildman–Crippen LogP) is 3.41. The molecule has 2 rings (SSSR count). The van der Waals surface area contributed by atoms with Crippen LogP contribution in [0, 0.1) is 0 Å². The van der Waals surface area contributed by atoms with Crippen molar-refractivity contribution in [2.45, 2.75) is 19.3 Å². The molecule has 1 atom stereocenters. The van der Waals surface area contributed by atoms with E-state index in [4.69, 9.17) is 11.6 Å². The fourth-order valence-corrected chi connectivity index (χ4v) is 2.65. The minimum atomic E-state index is 0.453. The molecule has 1 aliphatic rings. The molecule has 1 unspecified atom stereocenters. The first-order chi connectivity index (χ1) is 6.20. The fraction of sp³-hybridized carbons (Fsp3) is 0.333. The molecule has 0 fully saturated rings. The van der Waals surface area contributed by atoms with Gasteiger partial charge in [0.1, 0.15) is 11.5 Å². The second-order valence-corrected chi connectivity index (χ2v) is 4.63. The van der Waals surface area contributed by atoms with E-state index >= 15 is 0 Å². The van der Waals surface area contributed by atoms with Crippen LogP contribution in [0.5, 0.6) is 0 Å². The topological polar surface area (TPSA) is 25.8 Å². The Hall–Kier alpha value is -0.160. The van der Waals surface area contributed by atoms with Gasteiger partial charge in [0.25, 0.3) is 0 Å². The minimum absolute atomic E-state index is 0.453. The SMILES string of the molecule is CC1CC=C(I)c2c(Cl)ncnc21. The van der Waals surface area contributed by atoms with Crippen molar-refractivity contribution in [2.24, 2.45) is 0 Å². The van der Waals surface area contributed by atoms with Crippen LogP contribution in [0.25, 0.3) is 3.58 Å². The Morgan fingerprint density at radius 3 is 3.00 bits per heavy atom. The summed E-state index contributed by atoms with van der Waals surface area (Å²) in [5.41, 5.74) is 2.09. The zero-order valence-corrected chi connectivity index (χ0v) is 10.0. The average molecular weight is 307 g/mol. The Morgan fingerprint density at radius 2 is 2.31 bits per heavy atom. The van der Waals surface area contributed by atoms with Crippen LogP contribution in [0.4, 0.5) is 0 Å². The highest BCUT2D eigenvalue weighted by molar-refractivity contribution is 14.1. The van der Waals surface area contributed by atoms with Crippen LogP contribution in [-0.2, 0) is 0 Å². The van der Waals surface area contributed by atoms with Gasteiger partial charge >= 0.3 is 0 Å². The number of hydrogen-bond acceptors (Lipinski definition) is 2. The number of rotatable bonds is 0. The summed E-state index contributed by atoms with van der Waals surface area (Å²) in [5, 5.41) is 0.567. The normalized spacial score (nSPS) is 20.8. The number of nitrogens with zero attached hydrogens (tertiary/aromatic N) is 2. The van der Waals surface area contributed by atoms with E-state index in [1.165, 1.54) is 6.33 Å². The molecule has 0 spiro atoms. The maximum Gasteiger partial charge on any atom is 0.140 e. The van der Waals surface area contributed by atoms with Crippen molar-refractivity contribution in [2.75, 3.05) is 0 Å². The number of aromatic nitrogens is 2. The minimum Gasteiger partial charge on any atom is -0.240 e. The van der Waals surface area contributed by atoms with Gasteiger partial charge in [-0.2, -0.15) is 0 Å². The molecule has 0 saturated carbocycles. The van der Waals surface area contributed by atoms with E-state index in [1.807, 2.05) is 0 Å². The summed E-state index contributed by atoms with van der Waals surface area (Å²) in [6, 6.07) is 0. The molecule has 68 valence electrons. The number of hydrogen-bond donors (Lipinski definition) is 0. The largest absolute Gasteiger partial charge is 0.240 e. The third kappa shape index (κ3) is 1.59. The summed E-state index contributed by atoms with van der Waals surface area (Å²) in [7, 11) is 0. The van der Waals surface area contributed by atoms with Gasteiger partial charge in [-0.1, -0.05) is 24.6 Å². The molecule has 0 N–H and O–H groups in total. The average Bonchev–Trinajstić information content (AvgIpc) is 2.12. The fourth-order valence-electron chi connectivity index (χ4n) is 1.47.